The molecule has 0 saturated carbocycles. The van der Waals surface area contributed by atoms with Crippen LogP contribution >= 0.6 is 0 Å². The summed E-state index contributed by atoms with van der Waals surface area (Å²) in [4.78, 5) is 19.6. The lowest BCUT2D eigenvalue weighted by molar-refractivity contribution is 0.104. The van der Waals surface area contributed by atoms with Crippen molar-refractivity contribution in [2.45, 2.75) is 6.92 Å². The summed E-state index contributed by atoms with van der Waals surface area (Å²) < 4.78 is 5.47. The van der Waals surface area contributed by atoms with Crippen molar-refractivity contribution >= 4 is 28.6 Å². The van der Waals surface area contributed by atoms with Gasteiger partial charge in [0, 0.05) is 29.6 Å². The number of ketones is 1. The minimum absolute atomic E-state index is 0.00362. The second-order valence-electron chi connectivity index (χ2n) is 6.76. The molecule has 2 heterocycles. The van der Waals surface area contributed by atoms with E-state index in [0.29, 0.717) is 18.8 Å². The van der Waals surface area contributed by atoms with Crippen LogP contribution < -0.4 is 4.90 Å². The molecule has 2 aromatic carbocycles. The van der Waals surface area contributed by atoms with E-state index in [0.717, 1.165) is 40.9 Å². The molecule has 1 aromatic heterocycles. The average Bonchev–Trinajstić information content (AvgIpc) is 2.72. The predicted octanol–water partition coefficient (Wildman–Crippen LogP) is 4.28. The first-order valence-corrected chi connectivity index (χ1v) is 9.22. The summed E-state index contributed by atoms with van der Waals surface area (Å²) in [6.45, 7) is 5.01. The van der Waals surface area contributed by atoms with Gasteiger partial charge in [0.25, 0.3) is 0 Å². The minimum atomic E-state index is -0.00362. The summed E-state index contributed by atoms with van der Waals surface area (Å²) in [6.07, 6.45) is 3.52. The molecule has 1 aliphatic heterocycles. The molecule has 3 aromatic rings. The Morgan fingerprint density at radius 3 is 2.59 bits per heavy atom. The van der Waals surface area contributed by atoms with Gasteiger partial charge in [0.2, 0.25) is 0 Å². The molecule has 0 aliphatic carbocycles. The van der Waals surface area contributed by atoms with Gasteiger partial charge < -0.3 is 9.64 Å². The van der Waals surface area contributed by atoms with E-state index in [1.807, 2.05) is 61.5 Å². The van der Waals surface area contributed by atoms with Crippen molar-refractivity contribution in [1.82, 2.24) is 4.98 Å². The van der Waals surface area contributed by atoms with Crippen LogP contribution in [0.4, 0.5) is 5.82 Å². The number of pyridine rings is 1. The third kappa shape index (κ3) is 3.91. The Labute approximate surface area is 159 Å². The van der Waals surface area contributed by atoms with E-state index in [9.17, 15) is 4.79 Å². The Morgan fingerprint density at radius 2 is 1.81 bits per heavy atom. The lowest BCUT2D eigenvalue weighted by atomic mass is 10.1. The highest BCUT2D eigenvalue weighted by molar-refractivity contribution is 6.07. The SMILES string of the molecule is Cc1ccc(C(=O)/C=C\c2cc3ccccc3nc2N2CCOCC2)cc1. The molecule has 1 aliphatic rings. The van der Waals surface area contributed by atoms with E-state index >= 15 is 0 Å². The molecule has 0 amide bonds. The van der Waals surface area contributed by atoms with E-state index in [2.05, 4.69) is 11.0 Å². The van der Waals surface area contributed by atoms with Gasteiger partial charge in [-0.2, -0.15) is 0 Å². The minimum Gasteiger partial charge on any atom is -0.378 e. The zero-order valence-corrected chi connectivity index (χ0v) is 15.4. The van der Waals surface area contributed by atoms with Crippen molar-refractivity contribution in [2.24, 2.45) is 0 Å². The summed E-state index contributed by atoms with van der Waals surface area (Å²) in [7, 11) is 0. The average molecular weight is 358 g/mol. The predicted molar refractivity (Wildman–Crippen MR) is 109 cm³/mol. The van der Waals surface area contributed by atoms with E-state index in [4.69, 9.17) is 9.72 Å². The number of aromatic nitrogens is 1. The maximum Gasteiger partial charge on any atom is 0.185 e. The van der Waals surface area contributed by atoms with Gasteiger partial charge in [0.05, 0.1) is 18.7 Å². The number of carbonyl (C=O) groups excluding carboxylic acids is 1. The molecule has 0 radical (unpaired) electrons. The zero-order valence-electron chi connectivity index (χ0n) is 15.4. The van der Waals surface area contributed by atoms with Crippen molar-refractivity contribution in [3.8, 4) is 0 Å². The number of hydrogen-bond acceptors (Lipinski definition) is 4. The molecule has 136 valence electrons. The fourth-order valence-electron chi connectivity index (χ4n) is 3.25. The van der Waals surface area contributed by atoms with Crippen molar-refractivity contribution in [2.75, 3.05) is 31.2 Å². The van der Waals surface area contributed by atoms with Gasteiger partial charge in [0.15, 0.2) is 5.78 Å². The van der Waals surface area contributed by atoms with Crippen molar-refractivity contribution < 1.29 is 9.53 Å². The molecule has 27 heavy (non-hydrogen) atoms. The number of benzene rings is 2. The molecule has 4 nitrogen and oxygen atoms in total. The molecule has 0 spiro atoms. The summed E-state index contributed by atoms with van der Waals surface area (Å²) >= 11 is 0. The summed E-state index contributed by atoms with van der Waals surface area (Å²) in [5, 5.41) is 1.07. The fraction of sp³-hybridized carbons (Fsp3) is 0.217. The number of nitrogens with zero attached hydrogens (tertiary/aromatic N) is 2. The summed E-state index contributed by atoms with van der Waals surface area (Å²) in [5.41, 5.74) is 3.75. The highest BCUT2D eigenvalue weighted by atomic mass is 16.5. The molecule has 4 rings (SSSR count). The Bertz CT molecular complexity index is 987. The van der Waals surface area contributed by atoms with E-state index in [-0.39, 0.29) is 5.78 Å². The van der Waals surface area contributed by atoms with E-state index < -0.39 is 0 Å². The van der Waals surface area contributed by atoms with Crippen LogP contribution in [-0.4, -0.2) is 37.1 Å². The maximum absolute atomic E-state index is 12.5. The topological polar surface area (TPSA) is 42.4 Å². The quantitative estimate of drug-likeness (QED) is 0.516. The van der Waals surface area contributed by atoms with E-state index in [1.165, 1.54) is 0 Å². The number of rotatable bonds is 4. The van der Waals surface area contributed by atoms with Gasteiger partial charge in [-0.1, -0.05) is 48.0 Å². The van der Waals surface area contributed by atoms with Crippen LogP contribution in [-0.2, 0) is 4.74 Å². The molecule has 0 bridgehead atoms. The zero-order chi connectivity index (χ0) is 18.6. The number of para-hydroxylation sites is 1. The Balaban J connectivity index is 1.70. The van der Waals surface area contributed by atoms with Crippen LogP contribution in [0.15, 0.2) is 60.7 Å². The second kappa shape index (κ2) is 7.72. The normalized spacial score (nSPS) is 14.8. The number of fused-ring (bicyclic) bond motifs is 1. The van der Waals surface area contributed by atoms with Crippen LogP contribution in [0.1, 0.15) is 21.5 Å². The third-order valence-corrected chi connectivity index (χ3v) is 4.79. The Morgan fingerprint density at radius 1 is 1.07 bits per heavy atom. The number of carbonyl (C=O) groups is 1. The molecule has 1 saturated heterocycles. The van der Waals surface area contributed by atoms with Crippen molar-refractivity contribution in [3.63, 3.8) is 0 Å². The summed E-state index contributed by atoms with van der Waals surface area (Å²) in [6, 6.07) is 17.8. The smallest absolute Gasteiger partial charge is 0.185 e. The molecule has 4 heteroatoms. The molecular weight excluding hydrogens is 336 g/mol. The molecule has 1 fully saturated rings. The van der Waals surface area contributed by atoms with Gasteiger partial charge in [-0.25, -0.2) is 4.98 Å². The van der Waals surface area contributed by atoms with Gasteiger partial charge in [-0.15, -0.1) is 0 Å². The van der Waals surface area contributed by atoms with Gasteiger partial charge in [-0.3, -0.25) is 4.79 Å². The first-order valence-electron chi connectivity index (χ1n) is 9.22. The number of anilines is 1. The third-order valence-electron chi connectivity index (χ3n) is 4.79. The van der Waals surface area contributed by atoms with Gasteiger partial charge in [-0.05, 0) is 31.2 Å². The maximum atomic E-state index is 12.5. The Kier molecular flexibility index (Phi) is 4.99. The highest BCUT2D eigenvalue weighted by Crippen LogP contribution is 2.26. The fourth-order valence-corrected chi connectivity index (χ4v) is 3.25. The van der Waals surface area contributed by atoms with Crippen LogP contribution in [0.5, 0.6) is 0 Å². The standard InChI is InChI=1S/C23H22N2O2/c1-17-6-8-18(9-7-17)22(26)11-10-20-16-19-4-2-3-5-21(19)24-23(20)25-12-14-27-15-13-25/h2-11,16H,12-15H2,1H3/b11-10-. The van der Waals surface area contributed by atoms with Crippen LogP contribution in [0.3, 0.4) is 0 Å². The number of ether oxygens (including phenoxy) is 1. The lowest BCUT2D eigenvalue weighted by Gasteiger charge is -2.29. The number of morpholine rings is 1. The van der Waals surface area contributed by atoms with Crippen LogP contribution in [0, 0.1) is 6.92 Å². The second-order valence-corrected chi connectivity index (χ2v) is 6.76. The largest absolute Gasteiger partial charge is 0.378 e. The number of aryl methyl sites for hydroxylation is 1. The molecule has 0 atom stereocenters. The Hall–Kier alpha value is -2.98. The summed E-state index contributed by atoms with van der Waals surface area (Å²) in [5.74, 6) is 0.904. The number of hydrogen-bond donors (Lipinski definition) is 0. The van der Waals surface area contributed by atoms with Crippen LogP contribution in [0.2, 0.25) is 0 Å². The number of allylic oxidation sites excluding steroid dienone is 1. The van der Waals surface area contributed by atoms with Crippen LogP contribution in [0.25, 0.3) is 17.0 Å². The molecule has 0 unspecified atom stereocenters. The first kappa shape index (κ1) is 17.4. The monoisotopic (exact) mass is 358 g/mol. The van der Waals surface area contributed by atoms with E-state index in [1.54, 1.807) is 6.08 Å². The van der Waals surface area contributed by atoms with Crippen molar-refractivity contribution in [1.29, 1.82) is 0 Å². The molecule has 0 N–H and O–H groups in total. The lowest BCUT2D eigenvalue weighted by Crippen LogP contribution is -2.37. The highest BCUT2D eigenvalue weighted by Gasteiger charge is 2.16. The van der Waals surface area contributed by atoms with Gasteiger partial charge in [0.1, 0.15) is 5.82 Å². The van der Waals surface area contributed by atoms with Gasteiger partial charge >= 0.3 is 0 Å². The van der Waals surface area contributed by atoms with Crippen molar-refractivity contribution in [3.05, 3.63) is 77.4 Å². The molecular formula is C23H22N2O2. The first-order chi connectivity index (χ1) is 13.2.